The van der Waals surface area contributed by atoms with Gasteiger partial charge < -0.3 is 14.4 Å². The van der Waals surface area contributed by atoms with Gasteiger partial charge >= 0.3 is 11.9 Å². The van der Waals surface area contributed by atoms with Crippen LogP contribution in [0.25, 0.3) is 0 Å². The predicted molar refractivity (Wildman–Crippen MR) is 53.6 cm³/mol. The lowest BCUT2D eigenvalue weighted by Gasteiger charge is -2.29. The van der Waals surface area contributed by atoms with Gasteiger partial charge in [-0.15, -0.1) is 0 Å². The Balaban J connectivity index is 2.06. The molecule has 82 valence electrons. The lowest BCUT2D eigenvalue weighted by molar-refractivity contribution is -0.193. The minimum Gasteiger partial charge on any atom is -0.443 e. The molecule has 0 bridgehead atoms. The maximum absolute atomic E-state index is 11.1. The fraction of sp³-hybridized carbons (Fsp3) is 0.273. The molecular formula is C11H9NO4. The van der Waals surface area contributed by atoms with Gasteiger partial charge in [-0.3, -0.25) is 0 Å². The lowest BCUT2D eigenvalue weighted by Crippen LogP contribution is -2.44. The third kappa shape index (κ3) is 1.05. The smallest absolute Gasteiger partial charge is 0.419 e. The van der Waals surface area contributed by atoms with Gasteiger partial charge in [-0.05, 0) is 6.07 Å². The Morgan fingerprint density at radius 1 is 1.12 bits per heavy atom. The van der Waals surface area contributed by atoms with Crippen molar-refractivity contribution in [3.63, 3.8) is 0 Å². The molecule has 0 spiro atoms. The van der Waals surface area contributed by atoms with Crippen molar-refractivity contribution in [2.24, 2.45) is 0 Å². The number of likely N-dealkylation sites (N-methyl/N-ethyl adjacent to an activating group) is 1. The summed E-state index contributed by atoms with van der Waals surface area (Å²) in [6.07, 6.45) is -1.05. The van der Waals surface area contributed by atoms with Crippen molar-refractivity contribution in [3.8, 4) is 0 Å². The molecule has 3 rings (SSSR count). The van der Waals surface area contributed by atoms with Gasteiger partial charge in [0.15, 0.2) is 6.10 Å². The van der Waals surface area contributed by atoms with Crippen LogP contribution < -0.4 is 4.90 Å². The molecule has 2 aliphatic rings. The first-order valence-corrected chi connectivity index (χ1v) is 4.92. The molecule has 0 aromatic heterocycles. The molecule has 5 heteroatoms. The van der Waals surface area contributed by atoms with Crippen LogP contribution in [0, 0.1) is 0 Å². The predicted octanol–water partition coefficient (Wildman–Crippen LogP) is 0.604. The van der Waals surface area contributed by atoms with E-state index in [9.17, 15) is 9.59 Å². The highest BCUT2D eigenvalue weighted by Crippen LogP contribution is 2.42. The summed E-state index contributed by atoms with van der Waals surface area (Å²) in [5.41, 5.74) is 1.79. The van der Waals surface area contributed by atoms with Gasteiger partial charge in [-0.1, -0.05) is 18.2 Å². The van der Waals surface area contributed by atoms with Gasteiger partial charge in [0.05, 0.1) is 0 Å². The molecule has 2 atom stereocenters. The van der Waals surface area contributed by atoms with E-state index in [1.165, 1.54) is 0 Å². The second-order valence-corrected chi connectivity index (χ2v) is 3.79. The fourth-order valence-electron chi connectivity index (χ4n) is 2.13. The second-order valence-electron chi connectivity index (χ2n) is 3.79. The third-order valence-corrected chi connectivity index (χ3v) is 2.89. The van der Waals surface area contributed by atoms with Gasteiger partial charge in [0.25, 0.3) is 0 Å². The van der Waals surface area contributed by atoms with Crippen molar-refractivity contribution in [3.05, 3.63) is 29.8 Å². The van der Waals surface area contributed by atoms with Crippen LogP contribution in [0.3, 0.4) is 0 Å². The maximum Gasteiger partial charge on any atom is 0.419 e. The first-order valence-electron chi connectivity index (χ1n) is 4.92. The van der Waals surface area contributed by atoms with E-state index < -0.39 is 24.3 Å². The molecule has 5 nitrogen and oxygen atoms in total. The SMILES string of the molecule is CN1c2ccccc2C2OC(=O)C(=O)OC21. The monoisotopic (exact) mass is 219 g/mol. The van der Waals surface area contributed by atoms with E-state index in [-0.39, 0.29) is 0 Å². The van der Waals surface area contributed by atoms with Crippen LogP contribution in [0.4, 0.5) is 5.69 Å². The summed E-state index contributed by atoms with van der Waals surface area (Å²) in [5.74, 6) is -1.85. The Kier molecular flexibility index (Phi) is 1.71. The molecule has 16 heavy (non-hydrogen) atoms. The van der Waals surface area contributed by atoms with E-state index >= 15 is 0 Å². The third-order valence-electron chi connectivity index (χ3n) is 2.89. The summed E-state index contributed by atoms with van der Waals surface area (Å²) in [4.78, 5) is 24.0. The number of nitrogens with zero attached hydrogens (tertiary/aromatic N) is 1. The highest BCUT2D eigenvalue weighted by atomic mass is 16.7. The van der Waals surface area contributed by atoms with Crippen LogP contribution in [-0.4, -0.2) is 25.2 Å². The zero-order valence-corrected chi connectivity index (χ0v) is 8.54. The summed E-state index contributed by atoms with van der Waals surface area (Å²) in [5, 5.41) is 0. The first-order chi connectivity index (χ1) is 7.68. The van der Waals surface area contributed by atoms with Gasteiger partial charge in [0.2, 0.25) is 6.23 Å². The first kappa shape index (κ1) is 9.21. The summed E-state index contributed by atoms with van der Waals surface area (Å²) in [6.45, 7) is 0. The van der Waals surface area contributed by atoms with Crippen LogP contribution in [-0.2, 0) is 19.1 Å². The van der Waals surface area contributed by atoms with E-state index in [0.717, 1.165) is 11.3 Å². The molecule has 1 saturated heterocycles. The maximum atomic E-state index is 11.1. The Bertz CT molecular complexity index is 485. The Hall–Kier alpha value is -2.04. The van der Waals surface area contributed by atoms with E-state index in [0.29, 0.717) is 0 Å². The molecule has 2 aliphatic heterocycles. The van der Waals surface area contributed by atoms with Crippen molar-refractivity contribution in [2.75, 3.05) is 11.9 Å². The number of anilines is 1. The summed E-state index contributed by atoms with van der Waals surface area (Å²) in [7, 11) is 1.80. The normalized spacial score (nSPS) is 26.9. The van der Waals surface area contributed by atoms with Gasteiger partial charge in [0.1, 0.15) is 0 Å². The number of para-hydroxylation sites is 1. The average Bonchev–Trinajstić information content (AvgIpc) is 2.55. The highest BCUT2D eigenvalue weighted by molar-refractivity contribution is 6.30. The quantitative estimate of drug-likeness (QED) is 0.472. The molecule has 0 N–H and O–H groups in total. The molecule has 1 fully saturated rings. The number of fused-ring (bicyclic) bond motifs is 3. The van der Waals surface area contributed by atoms with Crippen LogP contribution in [0.5, 0.6) is 0 Å². The Morgan fingerprint density at radius 2 is 1.81 bits per heavy atom. The standard InChI is InChI=1S/C11H9NO4/c1-12-7-5-3-2-4-6(7)8-9(12)16-11(14)10(13)15-8/h2-5,8-9H,1H3. The molecule has 1 aromatic rings. The number of rotatable bonds is 0. The zero-order chi connectivity index (χ0) is 11.3. The number of carbonyl (C=O) groups is 2. The van der Waals surface area contributed by atoms with E-state index in [4.69, 9.17) is 9.47 Å². The van der Waals surface area contributed by atoms with E-state index in [2.05, 4.69) is 0 Å². The van der Waals surface area contributed by atoms with Gasteiger partial charge in [-0.25, -0.2) is 9.59 Å². The fourth-order valence-corrected chi connectivity index (χ4v) is 2.13. The Morgan fingerprint density at radius 3 is 2.62 bits per heavy atom. The summed E-state index contributed by atoms with van der Waals surface area (Å²) >= 11 is 0. The second kappa shape index (κ2) is 2.98. The van der Waals surface area contributed by atoms with Crippen LogP contribution >= 0.6 is 0 Å². The number of hydrogen-bond acceptors (Lipinski definition) is 5. The topological polar surface area (TPSA) is 55.8 Å². The van der Waals surface area contributed by atoms with Crippen molar-refractivity contribution in [1.82, 2.24) is 0 Å². The van der Waals surface area contributed by atoms with Crippen molar-refractivity contribution >= 4 is 17.6 Å². The number of ether oxygens (including phenoxy) is 2. The summed E-state index contributed by atoms with van der Waals surface area (Å²) < 4.78 is 10.1. The molecule has 1 aromatic carbocycles. The van der Waals surface area contributed by atoms with Gasteiger partial charge in [-0.2, -0.15) is 0 Å². The van der Waals surface area contributed by atoms with E-state index in [1.54, 1.807) is 11.9 Å². The van der Waals surface area contributed by atoms with Crippen molar-refractivity contribution in [2.45, 2.75) is 12.3 Å². The molecule has 2 heterocycles. The number of benzene rings is 1. The molecular weight excluding hydrogens is 210 g/mol. The molecule has 0 saturated carbocycles. The zero-order valence-electron chi connectivity index (χ0n) is 8.54. The largest absolute Gasteiger partial charge is 0.443 e. The minimum atomic E-state index is -0.930. The average molecular weight is 219 g/mol. The molecule has 0 amide bonds. The highest BCUT2D eigenvalue weighted by Gasteiger charge is 2.47. The van der Waals surface area contributed by atoms with Crippen LogP contribution in [0.2, 0.25) is 0 Å². The number of esters is 2. The molecule has 0 radical (unpaired) electrons. The summed E-state index contributed by atoms with van der Waals surface area (Å²) in [6, 6.07) is 7.51. The van der Waals surface area contributed by atoms with E-state index in [1.807, 2.05) is 24.3 Å². The lowest BCUT2D eigenvalue weighted by atomic mass is 10.1. The molecule has 2 unspecified atom stereocenters. The van der Waals surface area contributed by atoms with Crippen LogP contribution in [0.1, 0.15) is 11.7 Å². The van der Waals surface area contributed by atoms with Crippen LogP contribution in [0.15, 0.2) is 24.3 Å². The van der Waals surface area contributed by atoms with Crippen molar-refractivity contribution < 1.29 is 19.1 Å². The Labute approximate surface area is 91.6 Å². The number of carbonyl (C=O) groups excluding carboxylic acids is 2. The van der Waals surface area contributed by atoms with Crippen molar-refractivity contribution in [1.29, 1.82) is 0 Å². The minimum absolute atomic E-state index is 0.508. The molecule has 0 aliphatic carbocycles. The van der Waals surface area contributed by atoms with Gasteiger partial charge in [0, 0.05) is 18.3 Å². The number of hydrogen-bond donors (Lipinski definition) is 0.